The maximum Gasteiger partial charge on any atom is 0.417 e. The number of halogens is 3. The van der Waals surface area contributed by atoms with Gasteiger partial charge in [-0.2, -0.15) is 18.4 Å². The van der Waals surface area contributed by atoms with Crippen LogP contribution in [0.25, 0.3) is 10.6 Å². The molecular formula is C17H14F3N3OS. The van der Waals surface area contributed by atoms with Crippen LogP contribution in [-0.4, -0.2) is 4.68 Å². The van der Waals surface area contributed by atoms with Crippen molar-refractivity contribution in [3.05, 3.63) is 56.8 Å². The first kappa shape index (κ1) is 17.3. The molecule has 1 unspecified atom stereocenters. The minimum absolute atomic E-state index is 0.0896. The summed E-state index contributed by atoms with van der Waals surface area (Å²) >= 11 is 1.22. The van der Waals surface area contributed by atoms with Gasteiger partial charge in [0.05, 0.1) is 16.1 Å². The van der Waals surface area contributed by atoms with Crippen LogP contribution in [0.15, 0.2) is 40.1 Å². The van der Waals surface area contributed by atoms with Crippen molar-refractivity contribution in [2.45, 2.75) is 25.9 Å². The summed E-state index contributed by atoms with van der Waals surface area (Å²) < 4.78 is 40.9. The number of nitriles is 1. The van der Waals surface area contributed by atoms with Crippen molar-refractivity contribution >= 4 is 11.3 Å². The molecule has 2 heterocycles. The molecule has 0 aliphatic heterocycles. The van der Waals surface area contributed by atoms with Crippen LogP contribution in [0.1, 0.15) is 30.9 Å². The minimum Gasteiger partial charge on any atom is -0.295 e. The van der Waals surface area contributed by atoms with E-state index in [1.54, 1.807) is 17.5 Å². The van der Waals surface area contributed by atoms with Gasteiger partial charge in [-0.1, -0.05) is 19.1 Å². The lowest BCUT2D eigenvalue weighted by atomic mass is 10.1. The number of hydrogen-bond acceptors (Lipinski definition) is 4. The third-order valence-electron chi connectivity index (χ3n) is 4.01. The zero-order valence-electron chi connectivity index (χ0n) is 13.2. The summed E-state index contributed by atoms with van der Waals surface area (Å²) in [7, 11) is 0. The van der Waals surface area contributed by atoms with Gasteiger partial charge in [-0.15, -0.1) is 11.3 Å². The van der Waals surface area contributed by atoms with Gasteiger partial charge in [0, 0.05) is 5.70 Å². The van der Waals surface area contributed by atoms with Gasteiger partial charge < -0.3 is 0 Å². The lowest BCUT2D eigenvalue weighted by Gasteiger charge is -2.18. The Morgan fingerprint density at radius 2 is 2.20 bits per heavy atom. The highest BCUT2D eigenvalue weighted by Crippen LogP contribution is 2.34. The van der Waals surface area contributed by atoms with Crippen LogP contribution in [0, 0.1) is 17.2 Å². The molecule has 0 amide bonds. The van der Waals surface area contributed by atoms with Crippen LogP contribution in [0.2, 0.25) is 0 Å². The molecule has 1 aliphatic carbocycles. The van der Waals surface area contributed by atoms with E-state index in [-0.39, 0.29) is 5.69 Å². The zero-order valence-corrected chi connectivity index (χ0v) is 14.0. The topological polar surface area (TPSA) is 57.8 Å². The van der Waals surface area contributed by atoms with Crippen LogP contribution in [-0.2, 0) is 6.18 Å². The first-order valence-corrected chi connectivity index (χ1v) is 8.48. The molecule has 25 heavy (non-hydrogen) atoms. The van der Waals surface area contributed by atoms with Gasteiger partial charge in [0.2, 0.25) is 0 Å². The molecule has 1 atom stereocenters. The zero-order chi connectivity index (χ0) is 18.2. The monoisotopic (exact) mass is 365 g/mol. The SMILES string of the molecule is CC1C=C(Nn2c(-c3cccs3)cc(C(F)(F)F)c(C#N)c2=O)CC1. The number of aromatic nitrogens is 1. The molecule has 0 fully saturated rings. The normalized spacial score (nSPS) is 17.2. The van der Waals surface area contributed by atoms with E-state index >= 15 is 0 Å². The van der Waals surface area contributed by atoms with Crippen molar-refractivity contribution in [3.8, 4) is 16.6 Å². The van der Waals surface area contributed by atoms with E-state index in [1.807, 2.05) is 13.0 Å². The molecule has 3 rings (SSSR count). The van der Waals surface area contributed by atoms with Crippen molar-refractivity contribution < 1.29 is 13.2 Å². The summed E-state index contributed by atoms with van der Waals surface area (Å²) in [6.45, 7) is 2.02. The van der Waals surface area contributed by atoms with E-state index in [1.165, 1.54) is 17.4 Å². The van der Waals surface area contributed by atoms with Gasteiger partial charge in [-0.3, -0.25) is 10.2 Å². The van der Waals surface area contributed by atoms with E-state index < -0.39 is 22.9 Å². The fourth-order valence-corrected chi connectivity index (χ4v) is 3.52. The molecule has 0 spiro atoms. The maximum atomic E-state index is 13.3. The second-order valence-corrected chi connectivity index (χ2v) is 6.81. The highest BCUT2D eigenvalue weighted by molar-refractivity contribution is 7.13. The van der Waals surface area contributed by atoms with E-state index in [4.69, 9.17) is 5.26 Å². The molecule has 130 valence electrons. The first-order chi connectivity index (χ1) is 11.8. The third-order valence-corrected chi connectivity index (χ3v) is 4.90. The molecule has 0 aromatic carbocycles. The minimum atomic E-state index is -4.78. The van der Waals surface area contributed by atoms with E-state index in [9.17, 15) is 18.0 Å². The smallest absolute Gasteiger partial charge is 0.295 e. The summed E-state index contributed by atoms with van der Waals surface area (Å²) in [5.74, 6) is 0.327. The van der Waals surface area contributed by atoms with E-state index in [2.05, 4.69) is 5.43 Å². The standard InChI is InChI=1S/C17H14F3N3OS/c1-10-4-5-11(7-10)22-23-14(15-3-2-6-25-15)8-13(17(18,19)20)12(9-21)16(23)24/h2-3,6-8,10,22H,4-5H2,1H3. The average Bonchev–Trinajstić information content (AvgIpc) is 3.19. The Hall–Kier alpha value is -2.53. The lowest BCUT2D eigenvalue weighted by molar-refractivity contribution is -0.137. The van der Waals surface area contributed by atoms with Gasteiger partial charge >= 0.3 is 6.18 Å². The van der Waals surface area contributed by atoms with E-state index in [0.717, 1.165) is 22.9 Å². The summed E-state index contributed by atoms with van der Waals surface area (Å²) in [4.78, 5) is 13.1. The lowest BCUT2D eigenvalue weighted by Crippen LogP contribution is -2.33. The summed E-state index contributed by atoms with van der Waals surface area (Å²) in [5.41, 5.74) is 0.631. The number of pyridine rings is 1. The molecule has 2 aromatic rings. The predicted molar refractivity (Wildman–Crippen MR) is 89.6 cm³/mol. The number of nitrogens with zero attached hydrogens (tertiary/aromatic N) is 2. The van der Waals surface area contributed by atoms with Crippen molar-refractivity contribution in [2.24, 2.45) is 5.92 Å². The van der Waals surface area contributed by atoms with Crippen LogP contribution in [0.3, 0.4) is 0 Å². The van der Waals surface area contributed by atoms with Gasteiger partial charge in [0.15, 0.2) is 0 Å². The second-order valence-electron chi connectivity index (χ2n) is 5.87. The van der Waals surface area contributed by atoms with Gasteiger partial charge in [0.25, 0.3) is 5.56 Å². The largest absolute Gasteiger partial charge is 0.417 e. The summed E-state index contributed by atoms with van der Waals surface area (Å²) in [6, 6.07) is 5.59. The Bertz CT molecular complexity index is 920. The Labute approximate surface area is 145 Å². The fraction of sp³-hybridized carbons (Fsp3) is 0.294. The Morgan fingerprint density at radius 1 is 1.44 bits per heavy atom. The van der Waals surface area contributed by atoms with Crippen molar-refractivity contribution in [2.75, 3.05) is 5.43 Å². The molecule has 1 aliphatic rings. The number of hydrogen-bond donors (Lipinski definition) is 1. The summed E-state index contributed by atoms with van der Waals surface area (Å²) in [5, 5.41) is 10.8. The van der Waals surface area contributed by atoms with Crippen molar-refractivity contribution in [1.82, 2.24) is 4.68 Å². The first-order valence-electron chi connectivity index (χ1n) is 7.60. The van der Waals surface area contributed by atoms with Crippen LogP contribution in [0.5, 0.6) is 0 Å². The van der Waals surface area contributed by atoms with Crippen molar-refractivity contribution in [1.29, 1.82) is 5.26 Å². The number of alkyl halides is 3. The molecule has 0 saturated heterocycles. The van der Waals surface area contributed by atoms with Gasteiger partial charge in [0.1, 0.15) is 11.6 Å². The molecule has 0 radical (unpaired) electrons. The molecule has 0 saturated carbocycles. The van der Waals surface area contributed by atoms with Crippen LogP contribution >= 0.6 is 11.3 Å². The molecule has 4 nitrogen and oxygen atoms in total. The number of nitrogens with one attached hydrogen (secondary N) is 1. The van der Waals surface area contributed by atoms with Gasteiger partial charge in [-0.25, -0.2) is 4.68 Å². The van der Waals surface area contributed by atoms with Crippen LogP contribution < -0.4 is 11.0 Å². The molecule has 1 N–H and O–H groups in total. The third kappa shape index (κ3) is 3.33. The Morgan fingerprint density at radius 3 is 2.72 bits per heavy atom. The highest BCUT2D eigenvalue weighted by atomic mass is 32.1. The number of thiophene rings is 1. The average molecular weight is 365 g/mol. The number of allylic oxidation sites excluding steroid dienone is 2. The predicted octanol–water partition coefficient (Wildman–Crippen LogP) is 4.32. The molecule has 0 bridgehead atoms. The van der Waals surface area contributed by atoms with Crippen molar-refractivity contribution in [3.63, 3.8) is 0 Å². The molecular weight excluding hydrogens is 351 g/mol. The number of rotatable bonds is 3. The van der Waals surface area contributed by atoms with E-state index in [0.29, 0.717) is 17.2 Å². The Kier molecular flexibility index (Phi) is 4.43. The Balaban J connectivity index is 2.24. The fourth-order valence-electron chi connectivity index (χ4n) is 2.79. The van der Waals surface area contributed by atoms with Crippen LogP contribution in [0.4, 0.5) is 13.2 Å². The van der Waals surface area contributed by atoms with Gasteiger partial charge in [-0.05, 0) is 36.3 Å². The second kappa shape index (κ2) is 6.41. The molecule has 2 aromatic heterocycles. The summed E-state index contributed by atoms with van der Waals surface area (Å²) in [6.07, 6.45) is -1.25. The highest BCUT2D eigenvalue weighted by Gasteiger charge is 2.37. The maximum absolute atomic E-state index is 13.3. The molecule has 8 heteroatoms. The quantitative estimate of drug-likeness (QED) is 0.881.